The zero-order chi connectivity index (χ0) is 12.3. The number of benzene rings is 1. The van der Waals surface area contributed by atoms with Gasteiger partial charge in [-0.2, -0.15) is 0 Å². The van der Waals surface area contributed by atoms with Gasteiger partial charge in [0.25, 0.3) is 0 Å². The molecule has 2 nitrogen and oxygen atoms in total. The number of alkyl halides is 1. The molecule has 0 aromatic heterocycles. The fourth-order valence-electron chi connectivity index (χ4n) is 2.44. The van der Waals surface area contributed by atoms with Crippen molar-refractivity contribution in [2.45, 2.75) is 25.8 Å². The van der Waals surface area contributed by atoms with Crippen LogP contribution in [0.4, 0.5) is 4.39 Å². The Kier molecular flexibility index (Phi) is 3.77. The van der Waals surface area contributed by atoms with Gasteiger partial charge in [0.15, 0.2) is 0 Å². The van der Waals surface area contributed by atoms with Crippen LogP contribution in [0.25, 0.3) is 0 Å². The molecule has 0 bridgehead atoms. The topological polar surface area (TPSA) is 20.3 Å². The highest BCUT2D eigenvalue weighted by atomic mass is 19.1. The van der Waals surface area contributed by atoms with Crippen molar-refractivity contribution >= 4 is 5.91 Å². The minimum atomic E-state index is -0.328. The molecular formula is C14H18FNO. The minimum Gasteiger partial charge on any atom is -0.336 e. The number of amides is 1. The van der Waals surface area contributed by atoms with Crippen molar-refractivity contribution in [2.75, 3.05) is 13.2 Å². The first-order chi connectivity index (χ1) is 8.22. The Hall–Kier alpha value is -1.38. The van der Waals surface area contributed by atoms with Crippen molar-refractivity contribution in [3.63, 3.8) is 0 Å². The van der Waals surface area contributed by atoms with E-state index in [1.165, 1.54) is 0 Å². The predicted molar refractivity (Wildman–Crippen MR) is 65.3 cm³/mol. The van der Waals surface area contributed by atoms with Gasteiger partial charge in [0.2, 0.25) is 5.91 Å². The Morgan fingerprint density at radius 1 is 1.41 bits per heavy atom. The summed E-state index contributed by atoms with van der Waals surface area (Å²) in [6, 6.07) is 10.1. The number of hydrogen-bond acceptors (Lipinski definition) is 1. The quantitative estimate of drug-likeness (QED) is 0.785. The van der Waals surface area contributed by atoms with Gasteiger partial charge in [-0.05, 0) is 24.8 Å². The number of likely N-dealkylation sites (tertiary alicyclic amines) is 1. The fourth-order valence-corrected chi connectivity index (χ4v) is 2.44. The van der Waals surface area contributed by atoms with Crippen molar-refractivity contribution < 1.29 is 9.18 Å². The lowest BCUT2D eigenvalue weighted by molar-refractivity contribution is -0.129. The van der Waals surface area contributed by atoms with E-state index in [4.69, 9.17) is 0 Å². The first-order valence-electron chi connectivity index (χ1n) is 6.12. The van der Waals surface area contributed by atoms with Gasteiger partial charge in [-0.15, -0.1) is 0 Å². The van der Waals surface area contributed by atoms with Crippen LogP contribution in [-0.2, 0) is 4.79 Å². The molecule has 1 saturated heterocycles. The molecule has 3 heteroatoms. The maximum absolute atomic E-state index is 12.3. The highest BCUT2D eigenvalue weighted by molar-refractivity contribution is 5.79. The molecule has 0 radical (unpaired) electrons. The van der Waals surface area contributed by atoms with E-state index in [9.17, 15) is 9.18 Å². The predicted octanol–water partition coefficient (Wildman–Crippen LogP) is 2.96. The summed E-state index contributed by atoms with van der Waals surface area (Å²) in [6.45, 7) is 2.40. The van der Waals surface area contributed by atoms with Gasteiger partial charge in [-0.1, -0.05) is 30.3 Å². The Morgan fingerprint density at radius 2 is 2.12 bits per heavy atom. The summed E-state index contributed by atoms with van der Waals surface area (Å²) in [5.41, 5.74) is 1.14. The molecule has 0 saturated carbocycles. The monoisotopic (exact) mass is 235 g/mol. The Bertz CT molecular complexity index is 379. The SMILES string of the molecule is CC(c1ccccc1)N1CC(CCF)CC1=O. The van der Waals surface area contributed by atoms with Crippen LogP contribution in [-0.4, -0.2) is 24.0 Å². The molecule has 1 aliphatic rings. The fraction of sp³-hybridized carbons (Fsp3) is 0.500. The molecule has 2 rings (SSSR count). The first-order valence-corrected chi connectivity index (χ1v) is 6.12. The summed E-state index contributed by atoms with van der Waals surface area (Å²) < 4.78 is 12.3. The molecule has 1 heterocycles. The maximum Gasteiger partial charge on any atom is 0.223 e. The number of hydrogen-bond donors (Lipinski definition) is 0. The normalized spacial score (nSPS) is 21.9. The summed E-state index contributed by atoms with van der Waals surface area (Å²) in [6.07, 6.45) is 1.00. The molecule has 1 aromatic carbocycles. The van der Waals surface area contributed by atoms with Gasteiger partial charge in [-0.3, -0.25) is 9.18 Å². The average molecular weight is 235 g/mol. The van der Waals surface area contributed by atoms with E-state index in [1.807, 2.05) is 42.2 Å². The molecule has 1 fully saturated rings. The van der Waals surface area contributed by atoms with Gasteiger partial charge in [0.1, 0.15) is 0 Å². The lowest BCUT2D eigenvalue weighted by Gasteiger charge is -2.25. The van der Waals surface area contributed by atoms with E-state index >= 15 is 0 Å². The lowest BCUT2D eigenvalue weighted by atomic mass is 10.1. The van der Waals surface area contributed by atoms with Gasteiger partial charge in [0, 0.05) is 13.0 Å². The van der Waals surface area contributed by atoms with E-state index in [2.05, 4.69) is 0 Å². The molecule has 2 atom stereocenters. The van der Waals surface area contributed by atoms with E-state index in [0.29, 0.717) is 19.4 Å². The molecular weight excluding hydrogens is 217 g/mol. The van der Waals surface area contributed by atoms with Crippen LogP contribution in [0.1, 0.15) is 31.4 Å². The first kappa shape index (κ1) is 12.1. The van der Waals surface area contributed by atoms with Crippen molar-refractivity contribution in [3.05, 3.63) is 35.9 Å². The average Bonchev–Trinajstić information content (AvgIpc) is 2.71. The number of nitrogens with zero attached hydrogens (tertiary/aromatic N) is 1. The third kappa shape index (κ3) is 2.65. The summed E-state index contributed by atoms with van der Waals surface area (Å²) in [7, 11) is 0. The van der Waals surface area contributed by atoms with Crippen molar-refractivity contribution in [1.82, 2.24) is 4.90 Å². The van der Waals surface area contributed by atoms with Crippen LogP contribution in [0.5, 0.6) is 0 Å². The van der Waals surface area contributed by atoms with Crippen LogP contribution in [0.15, 0.2) is 30.3 Å². The second kappa shape index (κ2) is 5.30. The number of carbonyl (C=O) groups excluding carboxylic acids is 1. The summed E-state index contributed by atoms with van der Waals surface area (Å²) in [5.74, 6) is 0.346. The number of rotatable bonds is 4. The van der Waals surface area contributed by atoms with Crippen LogP contribution < -0.4 is 0 Å². The lowest BCUT2D eigenvalue weighted by Crippen LogP contribution is -2.28. The second-order valence-electron chi connectivity index (χ2n) is 4.68. The molecule has 1 aliphatic heterocycles. The van der Waals surface area contributed by atoms with E-state index in [-0.39, 0.29) is 24.5 Å². The summed E-state index contributed by atoms with van der Waals surface area (Å²) in [4.78, 5) is 13.7. The Labute approximate surface area is 101 Å². The van der Waals surface area contributed by atoms with Crippen LogP contribution in [0, 0.1) is 5.92 Å². The minimum absolute atomic E-state index is 0.0910. The van der Waals surface area contributed by atoms with Gasteiger partial charge < -0.3 is 4.90 Å². The molecule has 0 N–H and O–H groups in total. The van der Waals surface area contributed by atoms with E-state index in [1.54, 1.807) is 0 Å². The number of halogens is 1. The second-order valence-corrected chi connectivity index (χ2v) is 4.68. The molecule has 92 valence electrons. The molecule has 2 unspecified atom stereocenters. The standard InChI is InChI=1S/C14H18FNO/c1-11(13-5-3-2-4-6-13)16-10-12(7-8-15)9-14(16)17/h2-6,11-12H,7-10H2,1H3. The largest absolute Gasteiger partial charge is 0.336 e. The van der Waals surface area contributed by atoms with Crippen LogP contribution in [0.2, 0.25) is 0 Å². The number of carbonyl (C=O) groups is 1. The molecule has 1 amide bonds. The molecule has 0 spiro atoms. The van der Waals surface area contributed by atoms with Crippen molar-refractivity contribution in [1.29, 1.82) is 0 Å². The Balaban J connectivity index is 2.06. The highest BCUT2D eigenvalue weighted by Crippen LogP contribution is 2.29. The summed E-state index contributed by atoms with van der Waals surface area (Å²) >= 11 is 0. The maximum atomic E-state index is 12.3. The zero-order valence-electron chi connectivity index (χ0n) is 10.1. The summed E-state index contributed by atoms with van der Waals surface area (Å²) in [5, 5.41) is 0. The van der Waals surface area contributed by atoms with Gasteiger partial charge in [-0.25, -0.2) is 0 Å². The third-order valence-electron chi connectivity index (χ3n) is 3.51. The Morgan fingerprint density at radius 3 is 2.76 bits per heavy atom. The molecule has 1 aromatic rings. The molecule has 17 heavy (non-hydrogen) atoms. The van der Waals surface area contributed by atoms with Gasteiger partial charge >= 0.3 is 0 Å². The smallest absolute Gasteiger partial charge is 0.223 e. The van der Waals surface area contributed by atoms with E-state index < -0.39 is 0 Å². The van der Waals surface area contributed by atoms with Gasteiger partial charge in [0.05, 0.1) is 12.7 Å². The van der Waals surface area contributed by atoms with Crippen LogP contribution >= 0.6 is 0 Å². The molecule has 0 aliphatic carbocycles. The highest BCUT2D eigenvalue weighted by Gasteiger charge is 2.32. The zero-order valence-corrected chi connectivity index (χ0v) is 10.1. The van der Waals surface area contributed by atoms with E-state index in [0.717, 1.165) is 5.56 Å². The van der Waals surface area contributed by atoms with Crippen molar-refractivity contribution in [3.8, 4) is 0 Å². The van der Waals surface area contributed by atoms with Crippen molar-refractivity contribution in [2.24, 2.45) is 5.92 Å². The third-order valence-corrected chi connectivity index (χ3v) is 3.51. The van der Waals surface area contributed by atoms with Crippen LogP contribution in [0.3, 0.4) is 0 Å².